The van der Waals surface area contributed by atoms with E-state index in [0.717, 1.165) is 13.1 Å². The predicted molar refractivity (Wildman–Crippen MR) is 66.1 cm³/mol. The Labute approximate surface area is 98.6 Å². The van der Waals surface area contributed by atoms with Gasteiger partial charge < -0.3 is 10.6 Å². The molecule has 1 fully saturated rings. The van der Waals surface area contributed by atoms with Crippen LogP contribution in [0.1, 0.15) is 12.0 Å². The summed E-state index contributed by atoms with van der Waals surface area (Å²) in [5, 5.41) is 0. The lowest BCUT2D eigenvalue weighted by atomic mass is 10.0. The molecule has 0 bridgehead atoms. The highest BCUT2D eigenvalue weighted by Crippen LogP contribution is 2.43. The van der Waals surface area contributed by atoms with Gasteiger partial charge in [0.05, 0.1) is 5.69 Å². The monoisotopic (exact) mass is 266 g/mol. The molecule has 0 aromatic heterocycles. The molecule has 1 aromatic rings. The van der Waals surface area contributed by atoms with Crippen molar-refractivity contribution >= 4 is 21.6 Å². The lowest BCUT2D eigenvalue weighted by Crippen LogP contribution is -2.25. The highest BCUT2D eigenvalue weighted by molar-refractivity contribution is 9.10. The fraction of sp³-hybridized carbons (Fsp3) is 0.500. The lowest BCUT2D eigenvalue weighted by molar-refractivity contribution is 0.566. The molecule has 15 heavy (non-hydrogen) atoms. The Bertz CT molecular complexity index is 391. The maximum atomic E-state index is 5.76. The second kappa shape index (κ2) is 3.49. The number of halogens is 1. The van der Waals surface area contributed by atoms with Crippen molar-refractivity contribution in [1.29, 1.82) is 0 Å². The molecular formula is C12H15BrN2. The van der Waals surface area contributed by atoms with Crippen LogP contribution >= 0.6 is 15.9 Å². The zero-order chi connectivity index (χ0) is 10.4. The molecule has 2 atom stereocenters. The fourth-order valence-electron chi connectivity index (χ4n) is 2.95. The number of nitrogens with two attached hydrogens (primary N) is 1. The summed E-state index contributed by atoms with van der Waals surface area (Å²) in [6.07, 6.45) is 2.46. The van der Waals surface area contributed by atoms with E-state index in [0.29, 0.717) is 12.0 Å². The highest BCUT2D eigenvalue weighted by atomic mass is 79.9. The molecule has 2 aliphatic heterocycles. The van der Waals surface area contributed by atoms with Gasteiger partial charge in [-0.25, -0.2) is 0 Å². The van der Waals surface area contributed by atoms with Crippen molar-refractivity contribution in [2.24, 2.45) is 11.7 Å². The van der Waals surface area contributed by atoms with Crippen molar-refractivity contribution < 1.29 is 0 Å². The largest absolute Gasteiger partial charge is 0.367 e. The van der Waals surface area contributed by atoms with Crippen molar-refractivity contribution in [3.63, 3.8) is 0 Å². The third kappa shape index (κ3) is 1.41. The summed E-state index contributed by atoms with van der Waals surface area (Å²) < 4.78 is 1.24. The zero-order valence-corrected chi connectivity index (χ0v) is 10.2. The number of fused-ring (bicyclic) bond motifs is 3. The maximum Gasteiger partial charge on any atom is 0.0546 e. The van der Waals surface area contributed by atoms with Crippen LogP contribution in [0.15, 0.2) is 22.7 Å². The van der Waals surface area contributed by atoms with Gasteiger partial charge in [0.1, 0.15) is 0 Å². The smallest absolute Gasteiger partial charge is 0.0546 e. The Morgan fingerprint density at radius 2 is 2.33 bits per heavy atom. The van der Waals surface area contributed by atoms with Crippen LogP contribution < -0.4 is 10.6 Å². The quantitative estimate of drug-likeness (QED) is 0.844. The zero-order valence-electron chi connectivity index (χ0n) is 8.62. The Hall–Kier alpha value is -0.540. The normalized spacial score (nSPS) is 28.0. The first-order valence-corrected chi connectivity index (χ1v) is 6.33. The Morgan fingerprint density at radius 1 is 1.47 bits per heavy atom. The van der Waals surface area contributed by atoms with Gasteiger partial charge in [-0.3, -0.25) is 0 Å². The SMILES string of the molecule is NCC1CC2Cc3cccc(Br)c3N2C1. The van der Waals surface area contributed by atoms with Gasteiger partial charge >= 0.3 is 0 Å². The van der Waals surface area contributed by atoms with Gasteiger partial charge in [-0.05, 0) is 52.9 Å². The van der Waals surface area contributed by atoms with Gasteiger partial charge in [-0.1, -0.05) is 12.1 Å². The third-order valence-electron chi connectivity index (χ3n) is 3.65. The first kappa shape index (κ1) is 9.67. The summed E-state index contributed by atoms with van der Waals surface area (Å²) in [7, 11) is 0. The molecule has 0 aliphatic carbocycles. The van der Waals surface area contributed by atoms with E-state index in [1.54, 1.807) is 0 Å². The van der Waals surface area contributed by atoms with Gasteiger partial charge in [0.15, 0.2) is 0 Å². The minimum Gasteiger partial charge on any atom is -0.367 e. The van der Waals surface area contributed by atoms with Crippen LogP contribution in [0.3, 0.4) is 0 Å². The van der Waals surface area contributed by atoms with E-state index in [1.807, 2.05) is 0 Å². The van der Waals surface area contributed by atoms with Crippen LogP contribution in [0.5, 0.6) is 0 Å². The van der Waals surface area contributed by atoms with Crippen LogP contribution in [0.2, 0.25) is 0 Å². The van der Waals surface area contributed by atoms with Crippen LogP contribution in [-0.4, -0.2) is 19.1 Å². The number of nitrogens with zero attached hydrogens (tertiary/aromatic N) is 1. The van der Waals surface area contributed by atoms with Crippen LogP contribution in [0.4, 0.5) is 5.69 Å². The molecule has 2 unspecified atom stereocenters. The fourth-order valence-corrected chi connectivity index (χ4v) is 3.59. The van der Waals surface area contributed by atoms with E-state index in [9.17, 15) is 0 Å². The predicted octanol–water partition coefficient (Wildman–Crippen LogP) is 2.16. The van der Waals surface area contributed by atoms with Crippen molar-refractivity contribution in [2.75, 3.05) is 18.0 Å². The van der Waals surface area contributed by atoms with Crippen molar-refractivity contribution in [3.05, 3.63) is 28.2 Å². The van der Waals surface area contributed by atoms with Crippen molar-refractivity contribution in [1.82, 2.24) is 0 Å². The minimum absolute atomic E-state index is 0.690. The second-order valence-electron chi connectivity index (χ2n) is 4.60. The first-order chi connectivity index (χ1) is 7.29. The number of para-hydroxylation sites is 1. The van der Waals surface area contributed by atoms with Gasteiger partial charge in [0.25, 0.3) is 0 Å². The molecule has 2 aliphatic rings. The lowest BCUT2D eigenvalue weighted by Gasteiger charge is -2.20. The average molecular weight is 267 g/mol. The maximum absolute atomic E-state index is 5.76. The summed E-state index contributed by atoms with van der Waals surface area (Å²) in [6.45, 7) is 1.96. The van der Waals surface area contributed by atoms with E-state index >= 15 is 0 Å². The third-order valence-corrected chi connectivity index (χ3v) is 4.29. The van der Waals surface area contributed by atoms with E-state index in [1.165, 1.54) is 28.6 Å². The molecule has 2 nitrogen and oxygen atoms in total. The standard InChI is InChI=1S/C12H15BrN2/c13-11-3-1-2-9-5-10-4-8(6-14)7-15(10)12(9)11/h1-3,8,10H,4-7,14H2. The van der Waals surface area contributed by atoms with E-state index < -0.39 is 0 Å². The van der Waals surface area contributed by atoms with Gasteiger partial charge in [-0.2, -0.15) is 0 Å². The molecular weight excluding hydrogens is 252 g/mol. The number of hydrogen-bond acceptors (Lipinski definition) is 2. The molecule has 0 radical (unpaired) electrons. The van der Waals surface area contributed by atoms with E-state index in [2.05, 4.69) is 39.0 Å². The molecule has 3 heteroatoms. The van der Waals surface area contributed by atoms with Crippen molar-refractivity contribution in [3.8, 4) is 0 Å². The summed E-state index contributed by atoms with van der Waals surface area (Å²) >= 11 is 3.65. The van der Waals surface area contributed by atoms with Gasteiger partial charge in [0, 0.05) is 17.1 Å². The number of rotatable bonds is 1. The molecule has 0 spiro atoms. The number of anilines is 1. The Kier molecular flexibility index (Phi) is 2.25. The molecule has 80 valence electrons. The molecule has 1 saturated heterocycles. The van der Waals surface area contributed by atoms with E-state index in [-0.39, 0.29) is 0 Å². The summed E-state index contributed by atoms with van der Waals surface area (Å²) in [4.78, 5) is 2.54. The van der Waals surface area contributed by atoms with Crippen LogP contribution in [0, 0.1) is 5.92 Å². The molecule has 0 amide bonds. The second-order valence-corrected chi connectivity index (χ2v) is 5.45. The van der Waals surface area contributed by atoms with Crippen molar-refractivity contribution in [2.45, 2.75) is 18.9 Å². The summed E-state index contributed by atoms with van der Waals surface area (Å²) in [5.41, 5.74) is 8.66. The van der Waals surface area contributed by atoms with E-state index in [4.69, 9.17) is 5.73 Å². The number of hydrogen-bond donors (Lipinski definition) is 1. The summed E-state index contributed by atoms with van der Waals surface area (Å²) in [5.74, 6) is 0.690. The summed E-state index contributed by atoms with van der Waals surface area (Å²) in [6, 6.07) is 7.21. The Morgan fingerprint density at radius 3 is 3.13 bits per heavy atom. The topological polar surface area (TPSA) is 29.3 Å². The van der Waals surface area contributed by atoms with Gasteiger partial charge in [-0.15, -0.1) is 0 Å². The average Bonchev–Trinajstić information content (AvgIpc) is 2.73. The number of benzene rings is 1. The van der Waals surface area contributed by atoms with Crippen LogP contribution in [-0.2, 0) is 6.42 Å². The first-order valence-electron chi connectivity index (χ1n) is 5.53. The Balaban J connectivity index is 1.98. The van der Waals surface area contributed by atoms with Crippen LogP contribution in [0.25, 0.3) is 0 Å². The molecule has 3 rings (SSSR count). The molecule has 0 saturated carbocycles. The molecule has 2 N–H and O–H groups in total. The van der Waals surface area contributed by atoms with Gasteiger partial charge in [0.2, 0.25) is 0 Å². The molecule has 2 heterocycles. The minimum atomic E-state index is 0.690. The molecule has 1 aromatic carbocycles. The highest BCUT2D eigenvalue weighted by Gasteiger charge is 2.38.